The van der Waals surface area contributed by atoms with E-state index in [-0.39, 0.29) is 5.82 Å². The smallest absolute Gasteiger partial charge is 0.141 e. The third-order valence-electron chi connectivity index (χ3n) is 4.40. The van der Waals surface area contributed by atoms with Gasteiger partial charge in [-0.25, -0.2) is 4.39 Å². The molecule has 0 saturated carbocycles. The predicted octanol–water partition coefficient (Wildman–Crippen LogP) is 3.61. The van der Waals surface area contributed by atoms with Crippen molar-refractivity contribution in [1.29, 1.82) is 0 Å². The van der Waals surface area contributed by atoms with Gasteiger partial charge in [-0.3, -0.25) is 14.8 Å². The lowest BCUT2D eigenvalue weighted by Gasteiger charge is -2.35. The summed E-state index contributed by atoms with van der Waals surface area (Å²) in [5, 5.41) is 0. The van der Waals surface area contributed by atoms with Gasteiger partial charge in [0, 0.05) is 56.7 Å². The second-order valence-electron chi connectivity index (χ2n) is 6.01. The highest BCUT2D eigenvalue weighted by Crippen LogP contribution is 2.20. The number of halogens is 2. The van der Waals surface area contributed by atoms with E-state index in [0.29, 0.717) is 11.0 Å². The number of benzene rings is 1. The minimum atomic E-state index is -0.138. The summed E-state index contributed by atoms with van der Waals surface area (Å²) >= 11 is 3.26. The highest BCUT2D eigenvalue weighted by Gasteiger charge is 2.19. The zero-order valence-electron chi connectivity index (χ0n) is 13.3. The highest BCUT2D eigenvalue weighted by molar-refractivity contribution is 9.10. The largest absolute Gasteiger partial charge is 0.296 e. The van der Waals surface area contributed by atoms with Crippen LogP contribution in [0.1, 0.15) is 16.8 Å². The third-order valence-corrected chi connectivity index (χ3v) is 5.01. The van der Waals surface area contributed by atoms with Crippen LogP contribution in [0, 0.1) is 12.7 Å². The molecule has 2 heterocycles. The number of pyridine rings is 1. The van der Waals surface area contributed by atoms with E-state index in [4.69, 9.17) is 0 Å². The van der Waals surface area contributed by atoms with Crippen LogP contribution in [0.4, 0.5) is 4.39 Å². The summed E-state index contributed by atoms with van der Waals surface area (Å²) < 4.78 is 14.6. The van der Waals surface area contributed by atoms with Gasteiger partial charge >= 0.3 is 0 Å². The molecule has 122 valence electrons. The van der Waals surface area contributed by atoms with Crippen molar-refractivity contribution < 1.29 is 4.39 Å². The SMILES string of the molecule is Cc1ncccc1CN1CCN(Cc2cccc(Br)c2F)CC1. The van der Waals surface area contributed by atoms with E-state index in [2.05, 4.69) is 43.7 Å². The first kappa shape index (κ1) is 16.6. The van der Waals surface area contributed by atoms with Crippen molar-refractivity contribution >= 4 is 15.9 Å². The fraction of sp³-hybridized carbons (Fsp3) is 0.389. The maximum Gasteiger partial charge on any atom is 0.141 e. The monoisotopic (exact) mass is 377 g/mol. The van der Waals surface area contributed by atoms with Crippen molar-refractivity contribution in [3.8, 4) is 0 Å². The first-order chi connectivity index (χ1) is 11.1. The molecule has 0 unspecified atom stereocenters. The van der Waals surface area contributed by atoms with Gasteiger partial charge in [-0.15, -0.1) is 0 Å². The lowest BCUT2D eigenvalue weighted by molar-refractivity contribution is 0.121. The van der Waals surface area contributed by atoms with Gasteiger partial charge in [-0.1, -0.05) is 18.2 Å². The molecule has 0 atom stereocenters. The van der Waals surface area contributed by atoms with E-state index in [1.54, 1.807) is 6.07 Å². The molecule has 1 aromatic heterocycles. The summed E-state index contributed by atoms with van der Waals surface area (Å²) in [6.45, 7) is 7.61. The van der Waals surface area contributed by atoms with Gasteiger partial charge in [0.05, 0.1) is 4.47 Å². The number of piperazine rings is 1. The quantitative estimate of drug-likeness (QED) is 0.811. The number of aromatic nitrogens is 1. The van der Waals surface area contributed by atoms with Crippen molar-refractivity contribution in [3.63, 3.8) is 0 Å². The van der Waals surface area contributed by atoms with Crippen molar-refractivity contribution in [3.05, 3.63) is 63.6 Å². The Morgan fingerprint density at radius 3 is 2.26 bits per heavy atom. The van der Waals surface area contributed by atoms with Crippen LogP contribution in [0.2, 0.25) is 0 Å². The van der Waals surface area contributed by atoms with Crippen molar-refractivity contribution in [1.82, 2.24) is 14.8 Å². The van der Waals surface area contributed by atoms with E-state index in [1.807, 2.05) is 24.4 Å². The minimum absolute atomic E-state index is 0.138. The molecule has 1 saturated heterocycles. The Bertz CT molecular complexity index is 669. The Kier molecular flexibility index (Phi) is 5.41. The Hall–Kier alpha value is -1.30. The highest BCUT2D eigenvalue weighted by atomic mass is 79.9. The van der Waals surface area contributed by atoms with E-state index >= 15 is 0 Å². The summed E-state index contributed by atoms with van der Waals surface area (Å²) in [6.07, 6.45) is 1.84. The first-order valence-electron chi connectivity index (χ1n) is 7.91. The lowest BCUT2D eigenvalue weighted by Crippen LogP contribution is -2.45. The van der Waals surface area contributed by atoms with Crippen LogP contribution in [0.5, 0.6) is 0 Å². The van der Waals surface area contributed by atoms with Gasteiger partial charge in [0.15, 0.2) is 0 Å². The molecule has 1 aromatic carbocycles. The van der Waals surface area contributed by atoms with E-state index in [0.717, 1.165) is 44.0 Å². The minimum Gasteiger partial charge on any atom is -0.296 e. The maximum absolute atomic E-state index is 14.1. The van der Waals surface area contributed by atoms with Crippen LogP contribution >= 0.6 is 15.9 Å². The average Bonchev–Trinajstić information content (AvgIpc) is 2.56. The summed E-state index contributed by atoms with van der Waals surface area (Å²) in [5.41, 5.74) is 3.15. The van der Waals surface area contributed by atoms with Crippen LogP contribution in [-0.4, -0.2) is 41.0 Å². The fourth-order valence-corrected chi connectivity index (χ4v) is 3.35. The zero-order chi connectivity index (χ0) is 16.2. The number of rotatable bonds is 4. The summed E-state index contributed by atoms with van der Waals surface area (Å²) in [7, 11) is 0. The van der Waals surface area contributed by atoms with Crippen LogP contribution < -0.4 is 0 Å². The fourth-order valence-electron chi connectivity index (χ4n) is 2.94. The molecule has 1 aliphatic rings. The van der Waals surface area contributed by atoms with Crippen molar-refractivity contribution in [2.24, 2.45) is 0 Å². The zero-order valence-corrected chi connectivity index (χ0v) is 14.9. The second-order valence-corrected chi connectivity index (χ2v) is 6.87. The van der Waals surface area contributed by atoms with Crippen LogP contribution in [0.15, 0.2) is 41.0 Å². The number of hydrogen-bond acceptors (Lipinski definition) is 3. The van der Waals surface area contributed by atoms with Crippen LogP contribution in [-0.2, 0) is 13.1 Å². The van der Waals surface area contributed by atoms with E-state index in [1.165, 1.54) is 5.56 Å². The Morgan fingerprint density at radius 2 is 1.61 bits per heavy atom. The normalized spacial score (nSPS) is 16.7. The summed E-state index contributed by atoms with van der Waals surface area (Å²) in [6, 6.07) is 9.64. The van der Waals surface area contributed by atoms with Crippen molar-refractivity contribution in [2.45, 2.75) is 20.0 Å². The van der Waals surface area contributed by atoms with Crippen LogP contribution in [0.3, 0.4) is 0 Å². The number of nitrogens with zero attached hydrogens (tertiary/aromatic N) is 3. The van der Waals surface area contributed by atoms with Gasteiger partial charge in [0.2, 0.25) is 0 Å². The summed E-state index contributed by atoms with van der Waals surface area (Å²) in [4.78, 5) is 9.11. The van der Waals surface area contributed by atoms with Crippen molar-refractivity contribution in [2.75, 3.05) is 26.2 Å². The molecule has 1 fully saturated rings. The second kappa shape index (κ2) is 7.51. The maximum atomic E-state index is 14.1. The predicted molar refractivity (Wildman–Crippen MR) is 93.6 cm³/mol. The van der Waals surface area contributed by atoms with Crippen LogP contribution in [0.25, 0.3) is 0 Å². The lowest BCUT2D eigenvalue weighted by atomic mass is 10.1. The topological polar surface area (TPSA) is 19.4 Å². The standard InChI is InChI=1S/C18H21BrFN3/c1-14-15(5-3-7-21-14)12-22-8-10-23(11-9-22)13-16-4-2-6-17(19)18(16)20/h2-7H,8-13H2,1H3. The molecule has 2 aromatic rings. The molecule has 0 spiro atoms. The molecule has 0 N–H and O–H groups in total. The molecule has 23 heavy (non-hydrogen) atoms. The van der Waals surface area contributed by atoms with Gasteiger partial charge in [0.1, 0.15) is 5.82 Å². The molecule has 0 bridgehead atoms. The van der Waals surface area contributed by atoms with Gasteiger partial charge in [0.25, 0.3) is 0 Å². The molecule has 0 amide bonds. The molecular weight excluding hydrogens is 357 g/mol. The molecule has 5 heteroatoms. The number of aryl methyl sites for hydroxylation is 1. The molecule has 0 aliphatic carbocycles. The van der Waals surface area contributed by atoms with Gasteiger partial charge in [-0.2, -0.15) is 0 Å². The molecular formula is C18H21BrFN3. The Morgan fingerprint density at radius 1 is 1.00 bits per heavy atom. The Labute approximate surface area is 145 Å². The third kappa shape index (κ3) is 4.16. The van der Waals surface area contributed by atoms with Gasteiger partial charge in [-0.05, 0) is 40.5 Å². The molecule has 3 nitrogen and oxygen atoms in total. The van der Waals surface area contributed by atoms with E-state index < -0.39 is 0 Å². The molecule has 0 radical (unpaired) electrons. The average molecular weight is 378 g/mol. The molecule has 3 rings (SSSR count). The first-order valence-corrected chi connectivity index (χ1v) is 8.71. The summed E-state index contributed by atoms with van der Waals surface area (Å²) in [5.74, 6) is -0.138. The Balaban J connectivity index is 1.54. The number of hydrogen-bond donors (Lipinski definition) is 0. The molecule has 1 aliphatic heterocycles. The van der Waals surface area contributed by atoms with E-state index in [9.17, 15) is 4.39 Å². The van der Waals surface area contributed by atoms with Gasteiger partial charge < -0.3 is 0 Å².